The number of fused-ring (bicyclic) bond motifs is 5. The Labute approximate surface area is 136 Å². The lowest BCUT2D eigenvalue weighted by molar-refractivity contribution is -0.0606. The molecule has 4 aliphatic carbocycles. The molecule has 0 saturated heterocycles. The van der Waals surface area contributed by atoms with Gasteiger partial charge in [0.15, 0.2) is 0 Å². The third-order valence-electron chi connectivity index (χ3n) is 8.51. The van der Waals surface area contributed by atoms with Crippen LogP contribution in [0.3, 0.4) is 0 Å². The van der Waals surface area contributed by atoms with Gasteiger partial charge in [0.2, 0.25) is 0 Å². The lowest BCUT2D eigenvalue weighted by Gasteiger charge is -2.57. The van der Waals surface area contributed by atoms with Crippen LogP contribution in [0.15, 0.2) is 11.6 Å². The highest BCUT2D eigenvalue weighted by atomic mass is 16.3. The van der Waals surface area contributed by atoms with Gasteiger partial charge in [0.1, 0.15) is 0 Å². The minimum atomic E-state index is -0.124. The third-order valence-corrected chi connectivity index (χ3v) is 8.51. The average Bonchev–Trinajstić information content (AvgIpc) is 2.84. The van der Waals surface area contributed by atoms with Gasteiger partial charge in [0, 0.05) is 0 Å². The summed E-state index contributed by atoms with van der Waals surface area (Å²) in [6.07, 6.45) is 15.6. The fraction of sp³-hybridized carbons (Fsp3) is 0.857. The van der Waals surface area contributed by atoms with Crippen LogP contribution >= 0.6 is 0 Å². The molecule has 0 amide bonds. The van der Waals surface area contributed by atoms with E-state index in [9.17, 15) is 5.11 Å². The fourth-order valence-corrected chi connectivity index (χ4v) is 7.31. The zero-order valence-corrected chi connectivity index (χ0v) is 14.6. The standard InChI is InChI=1S/C21H33O/c1-14(22)17-9-10-18-16-8-7-15-6-4-5-12-20(15,2)19(16)11-13-21(17,18)3/h4,7,14,16-19,22H,5-6,8-13H2,1-3H3/t14?,16-,17+,18-,19-,20-,21+/m0/s1. The summed E-state index contributed by atoms with van der Waals surface area (Å²) >= 11 is 0. The highest BCUT2D eigenvalue weighted by Crippen LogP contribution is 2.66. The van der Waals surface area contributed by atoms with E-state index in [1.165, 1.54) is 51.4 Å². The fourth-order valence-electron chi connectivity index (χ4n) is 7.31. The van der Waals surface area contributed by atoms with Gasteiger partial charge in [-0.1, -0.05) is 25.5 Å². The normalized spacial score (nSPS) is 52.3. The van der Waals surface area contributed by atoms with Crippen LogP contribution in [0.5, 0.6) is 0 Å². The van der Waals surface area contributed by atoms with Gasteiger partial charge in [-0.05, 0) is 99.2 Å². The monoisotopic (exact) mass is 301 g/mol. The molecule has 0 aromatic heterocycles. The largest absolute Gasteiger partial charge is 0.393 e. The van der Waals surface area contributed by atoms with Crippen molar-refractivity contribution in [2.24, 2.45) is 34.5 Å². The molecule has 1 N–H and O–H groups in total. The molecule has 0 spiro atoms. The van der Waals surface area contributed by atoms with Gasteiger partial charge in [-0.15, -0.1) is 0 Å². The van der Waals surface area contributed by atoms with E-state index in [1.54, 1.807) is 5.57 Å². The maximum Gasteiger partial charge on any atom is 0.0545 e. The Balaban J connectivity index is 1.66. The van der Waals surface area contributed by atoms with Crippen LogP contribution in [0.25, 0.3) is 0 Å². The molecule has 0 bridgehead atoms. The van der Waals surface area contributed by atoms with E-state index in [-0.39, 0.29) is 6.10 Å². The summed E-state index contributed by atoms with van der Waals surface area (Å²) in [6, 6.07) is 0. The van der Waals surface area contributed by atoms with Crippen LogP contribution in [0.4, 0.5) is 0 Å². The SMILES string of the molecule is CC(O)[C@H]1CC[C@H]2[C@@H]3CC=C4C[CH]CC[C@]4(C)[C@H]3CC[C@]12C. The molecule has 22 heavy (non-hydrogen) atoms. The first-order valence-electron chi connectivity index (χ1n) is 9.66. The Morgan fingerprint density at radius 2 is 1.95 bits per heavy atom. The lowest BCUT2D eigenvalue weighted by atomic mass is 9.47. The molecular formula is C21H33O. The molecule has 4 rings (SSSR count). The molecule has 1 nitrogen and oxygen atoms in total. The average molecular weight is 301 g/mol. The summed E-state index contributed by atoms with van der Waals surface area (Å²) in [6.45, 7) is 7.11. The van der Waals surface area contributed by atoms with E-state index in [0.29, 0.717) is 16.7 Å². The van der Waals surface area contributed by atoms with Crippen LogP contribution in [-0.4, -0.2) is 11.2 Å². The predicted molar refractivity (Wildman–Crippen MR) is 91.2 cm³/mol. The van der Waals surface area contributed by atoms with E-state index in [4.69, 9.17) is 0 Å². The molecule has 0 heterocycles. The van der Waals surface area contributed by atoms with Crippen LogP contribution < -0.4 is 0 Å². The van der Waals surface area contributed by atoms with Crippen molar-refractivity contribution in [1.82, 2.24) is 0 Å². The number of aliphatic hydroxyl groups excluding tert-OH is 1. The Bertz CT molecular complexity index is 478. The molecule has 123 valence electrons. The maximum absolute atomic E-state index is 10.3. The zero-order chi connectivity index (χ0) is 15.5. The molecule has 3 fully saturated rings. The summed E-state index contributed by atoms with van der Waals surface area (Å²) < 4.78 is 0. The molecule has 1 heteroatoms. The summed E-state index contributed by atoms with van der Waals surface area (Å²) in [7, 11) is 0. The van der Waals surface area contributed by atoms with Crippen molar-refractivity contribution < 1.29 is 5.11 Å². The van der Waals surface area contributed by atoms with E-state index in [2.05, 4.69) is 26.3 Å². The molecule has 3 saturated carbocycles. The van der Waals surface area contributed by atoms with Crippen molar-refractivity contribution in [1.29, 1.82) is 0 Å². The number of aliphatic hydroxyl groups is 1. The van der Waals surface area contributed by atoms with Crippen molar-refractivity contribution >= 4 is 0 Å². The van der Waals surface area contributed by atoms with Crippen molar-refractivity contribution in [2.75, 3.05) is 0 Å². The Kier molecular flexibility index (Phi) is 3.53. The maximum atomic E-state index is 10.3. The Hall–Kier alpha value is -0.300. The van der Waals surface area contributed by atoms with Gasteiger partial charge < -0.3 is 5.11 Å². The van der Waals surface area contributed by atoms with Gasteiger partial charge in [-0.2, -0.15) is 0 Å². The number of hydrogen-bond acceptors (Lipinski definition) is 1. The smallest absolute Gasteiger partial charge is 0.0545 e. The molecule has 0 aliphatic heterocycles. The van der Waals surface area contributed by atoms with Crippen molar-refractivity contribution in [2.45, 2.75) is 78.2 Å². The number of rotatable bonds is 1. The van der Waals surface area contributed by atoms with Crippen molar-refractivity contribution in [3.63, 3.8) is 0 Å². The van der Waals surface area contributed by atoms with Gasteiger partial charge in [-0.3, -0.25) is 0 Å². The van der Waals surface area contributed by atoms with E-state index in [1.807, 2.05) is 6.92 Å². The van der Waals surface area contributed by atoms with Crippen molar-refractivity contribution in [3.05, 3.63) is 18.1 Å². The lowest BCUT2D eigenvalue weighted by Crippen LogP contribution is -2.50. The first-order chi connectivity index (χ1) is 10.5. The Morgan fingerprint density at radius 1 is 1.14 bits per heavy atom. The zero-order valence-electron chi connectivity index (χ0n) is 14.6. The van der Waals surface area contributed by atoms with Gasteiger partial charge in [0.05, 0.1) is 6.10 Å². The summed E-state index contributed by atoms with van der Waals surface area (Å²) in [5.74, 6) is 3.18. The first kappa shape index (κ1) is 15.2. The van der Waals surface area contributed by atoms with E-state index >= 15 is 0 Å². The Morgan fingerprint density at radius 3 is 2.73 bits per heavy atom. The third kappa shape index (κ3) is 1.93. The number of allylic oxidation sites excluding steroid dienone is 2. The van der Waals surface area contributed by atoms with E-state index in [0.717, 1.165) is 17.8 Å². The second-order valence-corrected chi connectivity index (χ2v) is 9.26. The van der Waals surface area contributed by atoms with Crippen LogP contribution in [-0.2, 0) is 0 Å². The molecule has 1 radical (unpaired) electrons. The second-order valence-electron chi connectivity index (χ2n) is 9.26. The topological polar surface area (TPSA) is 20.2 Å². The summed E-state index contributed by atoms with van der Waals surface area (Å²) in [5.41, 5.74) is 2.65. The van der Waals surface area contributed by atoms with Gasteiger partial charge >= 0.3 is 0 Å². The second kappa shape index (κ2) is 5.10. The van der Waals surface area contributed by atoms with Gasteiger partial charge in [0.25, 0.3) is 0 Å². The molecule has 4 aliphatic rings. The van der Waals surface area contributed by atoms with Crippen molar-refractivity contribution in [3.8, 4) is 0 Å². The quantitative estimate of drug-likeness (QED) is 0.664. The van der Waals surface area contributed by atoms with Crippen LogP contribution in [0.2, 0.25) is 0 Å². The molecule has 1 unspecified atom stereocenters. The molecule has 7 atom stereocenters. The summed E-state index contributed by atoms with van der Waals surface area (Å²) in [4.78, 5) is 0. The van der Waals surface area contributed by atoms with Crippen LogP contribution in [0, 0.1) is 40.9 Å². The predicted octanol–water partition coefficient (Wildman–Crippen LogP) is 5.15. The summed E-state index contributed by atoms with van der Waals surface area (Å²) in [5, 5.41) is 10.3. The highest BCUT2D eigenvalue weighted by Gasteiger charge is 2.58. The molecule has 0 aromatic rings. The number of hydrogen-bond donors (Lipinski definition) is 1. The first-order valence-corrected chi connectivity index (χ1v) is 9.66. The minimum absolute atomic E-state index is 0.124. The van der Waals surface area contributed by atoms with E-state index < -0.39 is 0 Å². The van der Waals surface area contributed by atoms with Crippen LogP contribution in [0.1, 0.15) is 72.1 Å². The van der Waals surface area contributed by atoms with Gasteiger partial charge in [-0.25, -0.2) is 0 Å². The minimum Gasteiger partial charge on any atom is -0.393 e. The molecule has 0 aromatic carbocycles. The molecular weight excluding hydrogens is 268 g/mol. The highest BCUT2D eigenvalue weighted by molar-refractivity contribution is 5.26.